The van der Waals surface area contributed by atoms with E-state index in [2.05, 4.69) is 5.32 Å². The van der Waals surface area contributed by atoms with E-state index >= 15 is 0 Å². The Hall–Kier alpha value is -2.31. The average Bonchev–Trinajstić information content (AvgIpc) is 2.74. The van der Waals surface area contributed by atoms with Crippen LogP contribution in [0.5, 0.6) is 0 Å². The molecule has 1 fully saturated rings. The van der Waals surface area contributed by atoms with Crippen LogP contribution < -0.4 is 5.32 Å². The third-order valence-electron chi connectivity index (χ3n) is 5.80. The number of hydrogen-bond donors (Lipinski definition) is 1. The molecule has 1 saturated heterocycles. The minimum atomic E-state index is -0.417. The summed E-state index contributed by atoms with van der Waals surface area (Å²) in [6.07, 6.45) is 1.43. The van der Waals surface area contributed by atoms with E-state index in [-0.39, 0.29) is 30.1 Å². The van der Waals surface area contributed by atoms with E-state index in [1.54, 1.807) is 29.2 Å². The van der Waals surface area contributed by atoms with Crippen LogP contribution >= 0.6 is 0 Å². The van der Waals surface area contributed by atoms with Crippen molar-refractivity contribution in [3.05, 3.63) is 71.3 Å². The maximum absolute atomic E-state index is 13.4. The number of likely N-dealkylation sites (N-methyl/N-ethyl adjacent to an activating group) is 1. The van der Waals surface area contributed by atoms with Crippen molar-refractivity contribution in [2.75, 3.05) is 26.3 Å². The number of amides is 1. The molecule has 156 valence electrons. The van der Waals surface area contributed by atoms with Crippen molar-refractivity contribution < 1.29 is 18.3 Å². The molecule has 0 aromatic heterocycles. The highest BCUT2D eigenvalue weighted by atomic mass is 19.1. The van der Waals surface area contributed by atoms with Gasteiger partial charge in [-0.05, 0) is 62.1 Å². The third kappa shape index (κ3) is 5.00. The first-order chi connectivity index (χ1) is 13.9. The number of ether oxygens (including phenoxy) is 1. The van der Waals surface area contributed by atoms with Gasteiger partial charge in [-0.15, -0.1) is 0 Å². The fraction of sp³-hybridized carbons (Fsp3) is 0.435. The fourth-order valence-electron chi connectivity index (χ4n) is 3.99. The second-order valence-corrected chi connectivity index (χ2v) is 7.46. The summed E-state index contributed by atoms with van der Waals surface area (Å²) in [5, 5.41) is 3.45. The Morgan fingerprint density at radius 2 is 1.62 bits per heavy atom. The molecule has 4 nitrogen and oxygen atoms in total. The zero-order valence-corrected chi connectivity index (χ0v) is 17.0. The van der Waals surface area contributed by atoms with E-state index in [9.17, 15) is 13.6 Å². The van der Waals surface area contributed by atoms with Crippen molar-refractivity contribution in [1.82, 2.24) is 10.2 Å². The van der Waals surface area contributed by atoms with Gasteiger partial charge in [0.05, 0.1) is 12.6 Å². The van der Waals surface area contributed by atoms with Gasteiger partial charge >= 0.3 is 0 Å². The summed E-state index contributed by atoms with van der Waals surface area (Å²) in [6.45, 7) is 5.76. The lowest BCUT2D eigenvalue weighted by Gasteiger charge is -2.39. The molecule has 1 atom stereocenters. The molecule has 0 aliphatic carbocycles. The summed E-state index contributed by atoms with van der Waals surface area (Å²) in [7, 11) is 0. The fourth-order valence-corrected chi connectivity index (χ4v) is 3.99. The van der Waals surface area contributed by atoms with Gasteiger partial charge in [0.1, 0.15) is 11.6 Å². The van der Waals surface area contributed by atoms with Crippen molar-refractivity contribution in [3.63, 3.8) is 0 Å². The highest BCUT2D eigenvalue weighted by Gasteiger charge is 2.35. The molecule has 0 bridgehead atoms. The molecule has 0 spiro atoms. The molecular formula is C23H28F2N2O2. The van der Waals surface area contributed by atoms with E-state index in [1.165, 1.54) is 24.3 Å². The molecule has 0 radical (unpaired) electrons. The quantitative estimate of drug-likeness (QED) is 0.756. The summed E-state index contributed by atoms with van der Waals surface area (Å²) in [6, 6.07) is 12.5. The van der Waals surface area contributed by atoms with Crippen LogP contribution in [-0.4, -0.2) is 37.1 Å². The Morgan fingerprint density at radius 1 is 1.07 bits per heavy atom. The number of nitrogens with one attached hydrogen (secondary N) is 1. The van der Waals surface area contributed by atoms with Crippen LogP contribution in [0.15, 0.2) is 48.5 Å². The van der Waals surface area contributed by atoms with E-state index in [0.717, 1.165) is 11.1 Å². The largest absolute Gasteiger partial charge is 0.381 e. The highest BCUT2D eigenvalue weighted by molar-refractivity contribution is 5.79. The molecule has 1 aliphatic rings. The molecule has 29 heavy (non-hydrogen) atoms. The van der Waals surface area contributed by atoms with Gasteiger partial charge in [0.25, 0.3) is 0 Å². The summed E-state index contributed by atoms with van der Waals surface area (Å²) in [5.41, 5.74) is 1.44. The van der Waals surface area contributed by atoms with E-state index in [4.69, 9.17) is 4.74 Å². The van der Waals surface area contributed by atoms with E-state index < -0.39 is 5.54 Å². The topological polar surface area (TPSA) is 41.6 Å². The number of benzene rings is 2. The van der Waals surface area contributed by atoms with E-state index in [1.807, 2.05) is 13.8 Å². The number of carbonyl (C=O) groups is 1. The number of rotatable bonds is 7. The van der Waals surface area contributed by atoms with Crippen LogP contribution in [0.1, 0.15) is 43.9 Å². The lowest BCUT2D eigenvalue weighted by atomic mass is 9.82. The Bertz CT molecular complexity index is 803. The minimum absolute atomic E-state index is 0.0303. The molecule has 3 rings (SSSR count). The smallest absolute Gasteiger partial charge is 0.237 e. The van der Waals surface area contributed by atoms with Crippen LogP contribution in [0.2, 0.25) is 0 Å². The first-order valence-corrected chi connectivity index (χ1v) is 10.1. The van der Waals surface area contributed by atoms with Gasteiger partial charge < -0.3 is 9.64 Å². The van der Waals surface area contributed by atoms with Crippen molar-refractivity contribution in [3.8, 4) is 0 Å². The summed E-state index contributed by atoms with van der Waals surface area (Å²) < 4.78 is 32.1. The number of carbonyl (C=O) groups excluding carboxylic acids is 1. The zero-order valence-electron chi connectivity index (χ0n) is 17.0. The molecule has 2 aromatic rings. The SMILES string of the molecule is CCN(C(=O)CNC1(c2ccc(F)cc2)CCOCC1)C(C)c1ccc(F)cc1. The lowest BCUT2D eigenvalue weighted by molar-refractivity contribution is -0.132. The number of nitrogens with zero attached hydrogens (tertiary/aromatic N) is 1. The van der Waals surface area contributed by atoms with Crippen LogP contribution in [0, 0.1) is 11.6 Å². The molecule has 1 amide bonds. The first-order valence-electron chi connectivity index (χ1n) is 10.1. The predicted molar refractivity (Wildman–Crippen MR) is 108 cm³/mol. The molecule has 2 aromatic carbocycles. The van der Waals surface area contributed by atoms with Gasteiger partial charge in [0, 0.05) is 25.3 Å². The molecule has 1 N–H and O–H groups in total. The Kier molecular flexibility index (Phi) is 6.98. The van der Waals surface area contributed by atoms with Gasteiger partial charge in [0.2, 0.25) is 5.91 Å². The minimum Gasteiger partial charge on any atom is -0.381 e. The summed E-state index contributed by atoms with van der Waals surface area (Å²) in [4.78, 5) is 14.8. The molecule has 1 unspecified atom stereocenters. The number of halogens is 2. The van der Waals surface area contributed by atoms with Crippen molar-refractivity contribution in [2.45, 2.75) is 38.3 Å². The van der Waals surface area contributed by atoms with Gasteiger partial charge in [-0.3, -0.25) is 10.1 Å². The molecular weight excluding hydrogens is 374 g/mol. The second-order valence-electron chi connectivity index (χ2n) is 7.46. The number of hydrogen-bond acceptors (Lipinski definition) is 3. The Labute approximate surface area is 170 Å². The molecule has 6 heteroatoms. The van der Waals surface area contributed by atoms with Gasteiger partial charge in [-0.1, -0.05) is 24.3 Å². The van der Waals surface area contributed by atoms with Crippen molar-refractivity contribution in [2.24, 2.45) is 0 Å². The predicted octanol–water partition coefficient (Wildman–Crippen LogP) is 4.17. The van der Waals surface area contributed by atoms with Gasteiger partial charge in [-0.2, -0.15) is 0 Å². The van der Waals surface area contributed by atoms with Crippen LogP contribution in [0.3, 0.4) is 0 Å². The summed E-state index contributed by atoms with van der Waals surface area (Å²) in [5.74, 6) is -0.604. The molecule has 1 heterocycles. The van der Waals surface area contributed by atoms with Crippen LogP contribution in [-0.2, 0) is 15.1 Å². The second kappa shape index (κ2) is 9.46. The zero-order chi connectivity index (χ0) is 20.9. The maximum atomic E-state index is 13.4. The van der Waals surface area contributed by atoms with Crippen molar-refractivity contribution >= 4 is 5.91 Å². The molecule has 1 aliphatic heterocycles. The summed E-state index contributed by atoms with van der Waals surface area (Å²) >= 11 is 0. The standard InChI is InChI=1S/C23H28F2N2O2/c1-3-27(17(2)18-4-8-20(24)9-5-18)22(28)16-26-23(12-14-29-15-13-23)19-6-10-21(25)11-7-19/h4-11,17,26H,3,12-16H2,1-2H3. The highest BCUT2D eigenvalue weighted by Crippen LogP contribution is 2.32. The van der Waals surface area contributed by atoms with Gasteiger partial charge in [-0.25, -0.2) is 8.78 Å². The van der Waals surface area contributed by atoms with Gasteiger partial charge in [0.15, 0.2) is 0 Å². The Morgan fingerprint density at radius 3 is 2.17 bits per heavy atom. The first kappa shape index (κ1) is 21.4. The average molecular weight is 402 g/mol. The molecule has 0 saturated carbocycles. The van der Waals surface area contributed by atoms with Crippen LogP contribution in [0.25, 0.3) is 0 Å². The third-order valence-corrected chi connectivity index (χ3v) is 5.80. The maximum Gasteiger partial charge on any atom is 0.237 e. The Balaban J connectivity index is 1.73. The van der Waals surface area contributed by atoms with E-state index in [0.29, 0.717) is 32.6 Å². The van der Waals surface area contributed by atoms with Crippen molar-refractivity contribution in [1.29, 1.82) is 0 Å². The van der Waals surface area contributed by atoms with Crippen LogP contribution in [0.4, 0.5) is 8.78 Å². The monoisotopic (exact) mass is 402 g/mol. The lowest BCUT2D eigenvalue weighted by Crippen LogP contribution is -2.51. The normalized spacial score (nSPS) is 17.0.